The zero-order chi connectivity index (χ0) is 29.5. The van der Waals surface area contributed by atoms with E-state index in [9.17, 15) is 13.9 Å². The lowest BCUT2D eigenvalue weighted by Gasteiger charge is -2.41. The van der Waals surface area contributed by atoms with Gasteiger partial charge in [-0.1, -0.05) is 17.7 Å². The van der Waals surface area contributed by atoms with Gasteiger partial charge in [0, 0.05) is 37.1 Å². The van der Waals surface area contributed by atoms with E-state index < -0.39 is 15.3 Å². The molecule has 4 aromatic rings. The van der Waals surface area contributed by atoms with Gasteiger partial charge in [-0.2, -0.15) is 15.7 Å². The number of carbonyl (C=O) groups is 1. The van der Waals surface area contributed by atoms with Crippen LogP contribution >= 0.6 is 10.6 Å². The SMILES string of the molecule is Cc1ccc(S(O)(O)C2(c3cc(N4CCOC[C@@H]4C)nc(-c4ccc(NC(=O)Nc5cnn(C)c5)cc4)n3)CC2)cc1. The fourth-order valence-corrected chi connectivity index (χ4v) is 7.28. The number of urea groups is 1. The number of amides is 2. The number of nitrogens with zero attached hydrogens (tertiary/aromatic N) is 5. The molecule has 0 unspecified atom stereocenters. The maximum absolute atomic E-state index is 12.4. The molecule has 2 aliphatic rings. The van der Waals surface area contributed by atoms with E-state index in [-0.39, 0.29) is 12.1 Å². The summed E-state index contributed by atoms with van der Waals surface area (Å²) in [5.41, 5.74) is 3.62. The molecule has 42 heavy (non-hydrogen) atoms. The van der Waals surface area contributed by atoms with Gasteiger partial charge in [0.2, 0.25) is 0 Å². The van der Waals surface area contributed by atoms with E-state index in [0.717, 1.165) is 16.9 Å². The normalized spacial score (nSPS) is 18.4. The number of aryl methyl sites for hydroxylation is 2. The molecule has 1 aliphatic carbocycles. The van der Waals surface area contributed by atoms with Crippen molar-refractivity contribution in [1.29, 1.82) is 0 Å². The number of hydrogen-bond acceptors (Lipinski definition) is 8. The first-order valence-corrected chi connectivity index (χ1v) is 15.4. The standard InChI is InChI=1S/C30H35N7O4S/c1-20-4-10-25(11-5-20)42(39,40)30(12-13-30)26-16-27(37-14-15-41-19-21(37)2)35-28(34-26)22-6-8-23(9-7-22)32-29(38)33-24-17-31-36(3)18-24/h4-11,16-18,21,39-40H,12-15,19H2,1-3H3,(H2,32,33,38)/t21-/m0/s1. The quantitative estimate of drug-likeness (QED) is 0.211. The predicted octanol–water partition coefficient (Wildman–Crippen LogP) is 5.85. The highest BCUT2D eigenvalue weighted by molar-refractivity contribution is 8.25. The molecule has 1 atom stereocenters. The van der Waals surface area contributed by atoms with Gasteiger partial charge in [0.1, 0.15) is 10.6 Å². The molecule has 3 heterocycles. The molecule has 4 N–H and O–H groups in total. The van der Waals surface area contributed by atoms with Crippen molar-refractivity contribution in [1.82, 2.24) is 19.7 Å². The first-order chi connectivity index (χ1) is 20.1. The van der Waals surface area contributed by atoms with Crippen molar-refractivity contribution >= 4 is 33.8 Å². The Morgan fingerprint density at radius 2 is 1.76 bits per heavy atom. The second kappa shape index (κ2) is 11.0. The number of benzene rings is 2. The molecule has 6 rings (SSSR count). The van der Waals surface area contributed by atoms with Gasteiger partial charge in [-0.25, -0.2) is 14.8 Å². The van der Waals surface area contributed by atoms with E-state index in [2.05, 4.69) is 27.6 Å². The second-order valence-electron chi connectivity index (χ2n) is 11.0. The van der Waals surface area contributed by atoms with E-state index in [1.54, 1.807) is 48.4 Å². The Bertz CT molecular complexity index is 1590. The van der Waals surface area contributed by atoms with Gasteiger partial charge in [-0.15, -0.1) is 0 Å². The van der Waals surface area contributed by atoms with Gasteiger partial charge in [0.05, 0.1) is 41.7 Å². The Hall–Kier alpha value is -3.97. The van der Waals surface area contributed by atoms with Crippen LogP contribution in [0, 0.1) is 6.92 Å². The van der Waals surface area contributed by atoms with Gasteiger partial charge >= 0.3 is 6.03 Å². The number of anilines is 3. The average molecular weight is 590 g/mol. The minimum atomic E-state index is -3.20. The molecule has 0 bridgehead atoms. The van der Waals surface area contributed by atoms with Gasteiger partial charge in [0.25, 0.3) is 0 Å². The third kappa shape index (κ3) is 5.45. The van der Waals surface area contributed by atoms with Crippen LogP contribution in [-0.4, -0.2) is 60.7 Å². The molecule has 2 amide bonds. The molecule has 2 aromatic heterocycles. The fraction of sp³-hybridized carbons (Fsp3) is 0.333. The Kier molecular flexibility index (Phi) is 7.39. The van der Waals surface area contributed by atoms with Gasteiger partial charge in [0.15, 0.2) is 5.82 Å². The number of aromatic nitrogens is 4. The summed E-state index contributed by atoms with van der Waals surface area (Å²) < 4.78 is 29.7. The molecule has 1 aliphatic heterocycles. The predicted molar refractivity (Wildman–Crippen MR) is 164 cm³/mol. The average Bonchev–Trinajstić information content (AvgIpc) is 3.71. The van der Waals surface area contributed by atoms with Crippen molar-refractivity contribution in [3.8, 4) is 11.4 Å². The smallest absolute Gasteiger partial charge is 0.323 e. The summed E-state index contributed by atoms with van der Waals surface area (Å²) in [5.74, 6) is 1.21. The number of carbonyl (C=O) groups excluding carboxylic acids is 1. The Morgan fingerprint density at radius 1 is 1.05 bits per heavy atom. The summed E-state index contributed by atoms with van der Waals surface area (Å²) >= 11 is 0. The molecular weight excluding hydrogens is 554 g/mol. The van der Waals surface area contributed by atoms with Crippen molar-refractivity contribution in [3.05, 3.63) is 78.2 Å². The maximum atomic E-state index is 12.4. The molecule has 220 valence electrons. The first kappa shape index (κ1) is 28.2. The first-order valence-electron chi connectivity index (χ1n) is 13.9. The Morgan fingerprint density at radius 3 is 2.40 bits per heavy atom. The monoisotopic (exact) mass is 589 g/mol. The maximum Gasteiger partial charge on any atom is 0.323 e. The van der Waals surface area contributed by atoms with Crippen LogP contribution in [0.4, 0.5) is 22.0 Å². The molecule has 12 heteroatoms. The molecule has 11 nitrogen and oxygen atoms in total. The van der Waals surface area contributed by atoms with E-state index in [0.29, 0.717) is 60.4 Å². The number of rotatable bonds is 7. The third-order valence-corrected chi connectivity index (χ3v) is 10.4. The summed E-state index contributed by atoms with van der Waals surface area (Å²) in [5, 5.41) is 9.62. The largest absolute Gasteiger partial charge is 0.377 e. The highest BCUT2D eigenvalue weighted by Gasteiger charge is 2.57. The number of ether oxygens (including phenoxy) is 1. The minimum absolute atomic E-state index is 0.104. The number of hydrogen-bond donors (Lipinski definition) is 4. The highest BCUT2D eigenvalue weighted by atomic mass is 32.3. The summed E-state index contributed by atoms with van der Waals surface area (Å²) in [6.45, 7) is 5.91. The number of morpholine rings is 1. The van der Waals surface area contributed by atoms with Crippen molar-refractivity contribution < 1.29 is 18.6 Å². The van der Waals surface area contributed by atoms with Crippen molar-refractivity contribution in [2.45, 2.75) is 42.4 Å². The van der Waals surface area contributed by atoms with Crippen LogP contribution in [-0.2, 0) is 16.5 Å². The van der Waals surface area contributed by atoms with E-state index in [4.69, 9.17) is 14.7 Å². The molecule has 0 spiro atoms. The zero-order valence-electron chi connectivity index (χ0n) is 23.8. The Balaban J connectivity index is 1.32. The zero-order valence-corrected chi connectivity index (χ0v) is 24.6. The number of nitrogens with one attached hydrogen (secondary N) is 2. The van der Waals surface area contributed by atoms with Crippen LogP contribution in [0.5, 0.6) is 0 Å². The molecule has 1 saturated carbocycles. The van der Waals surface area contributed by atoms with Gasteiger partial charge in [-0.3, -0.25) is 13.8 Å². The third-order valence-electron chi connectivity index (χ3n) is 7.80. The van der Waals surface area contributed by atoms with Gasteiger partial charge in [-0.05, 0) is 63.1 Å². The second-order valence-corrected chi connectivity index (χ2v) is 13.3. The molecule has 2 aromatic carbocycles. The summed E-state index contributed by atoms with van der Waals surface area (Å²) in [6, 6.07) is 16.3. The van der Waals surface area contributed by atoms with Crippen molar-refractivity contribution in [3.63, 3.8) is 0 Å². The summed E-state index contributed by atoms with van der Waals surface area (Å²) in [6.07, 6.45) is 4.51. The van der Waals surface area contributed by atoms with Crippen molar-refractivity contribution in [2.24, 2.45) is 7.05 Å². The van der Waals surface area contributed by atoms with Crippen LogP contribution < -0.4 is 15.5 Å². The van der Waals surface area contributed by atoms with E-state index >= 15 is 0 Å². The van der Waals surface area contributed by atoms with Crippen LogP contribution in [0.15, 0.2) is 71.9 Å². The van der Waals surface area contributed by atoms with Crippen LogP contribution in [0.25, 0.3) is 11.4 Å². The highest BCUT2D eigenvalue weighted by Crippen LogP contribution is 2.75. The van der Waals surface area contributed by atoms with Crippen LogP contribution in [0.3, 0.4) is 0 Å². The Labute approximate surface area is 246 Å². The molecule has 1 saturated heterocycles. The van der Waals surface area contributed by atoms with Gasteiger partial charge < -0.3 is 20.3 Å². The lowest BCUT2D eigenvalue weighted by Crippen LogP contribution is -2.44. The fourth-order valence-electron chi connectivity index (χ4n) is 5.25. The van der Waals surface area contributed by atoms with E-state index in [1.165, 1.54) is 0 Å². The molecular formula is C30H35N7O4S. The molecule has 0 radical (unpaired) electrons. The topological polar surface area (TPSA) is 138 Å². The molecule has 2 fully saturated rings. The minimum Gasteiger partial charge on any atom is -0.377 e. The summed E-state index contributed by atoms with van der Waals surface area (Å²) in [4.78, 5) is 25.0. The van der Waals surface area contributed by atoms with Crippen LogP contribution in [0.2, 0.25) is 0 Å². The lowest BCUT2D eigenvalue weighted by atomic mass is 10.1. The van der Waals surface area contributed by atoms with Crippen LogP contribution in [0.1, 0.15) is 31.0 Å². The van der Waals surface area contributed by atoms with Crippen molar-refractivity contribution in [2.75, 3.05) is 35.3 Å². The lowest BCUT2D eigenvalue weighted by molar-refractivity contribution is 0.0985. The van der Waals surface area contributed by atoms with E-state index in [1.807, 2.05) is 37.3 Å². The summed E-state index contributed by atoms with van der Waals surface area (Å²) in [7, 11) is -1.42.